The molecule has 0 aromatic rings. The standard InChI is InChI=1S/C7H14.C6H13NO/c1-7-5-3-2-4-6-7;1-8-5-4-7-6-2-3-6/h7H,2-6H2,1H3;6-7H,2-5H2,1H3. The summed E-state index contributed by atoms with van der Waals surface area (Å²) in [6.07, 6.45) is 10.2. The molecule has 2 rings (SSSR count). The van der Waals surface area contributed by atoms with Gasteiger partial charge in [0.15, 0.2) is 0 Å². The Morgan fingerprint density at radius 1 is 1.07 bits per heavy atom. The van der Waals surface area contributed by atoms with E-state index in [1.807, 2.05) is 0 Å². The Morgan fingerprint density at radius 2 is 1.73 bits per heavy atom. The van der Waals surface area contributed by atoms with Crippen LogP contribution in [0.25, 0.3) is 0 Å². The summed E-state index contributed by atoms with van der Waals surface area (Å²) in [7, 11) is 1.73. The Hall–Kier alpha value is -0.0800. The van der Waals surface area contributed by atoms with Gasteiger partial charge in [0.05, 0.1) is 6.61 Å². The molecule has 90 valence electrons. The Morgan fingerprint density at radius 3 is 2.13 bits per heavy atom. The van der Waals surface area contributed by atoms with E-state index in [0.29, 0.717) is 0 Å². The largest absolute Gasteiger partial charge is 0.383 e. The van der Waals surface area contributed by atoms with Crippen LogP contribution >= 0.6 is 0 Å². The molecular weight excluding hydrogens is 186 g/mol. The summed E-state index contributed by atoms with van der Waals surface area (Å²) in [6, 6.07) is 0.824. The predicted molar refractivity (Wildman–Crippen MR) is 65.1 cm³/mol. The molecule has 0 radical (unpaired) electrons. The van der Waals surface area contributed by atoms with Gasteiger partial charge in [-0.15, -0.1) is 0 Å². The molecule has 0 saturated heterocycles. The van der Waals surface area contributed by atoms with Crippen molar-refractivity contribution < 1.29 is 4.74 Å². The first kappa shape index (κ1) is 13.0. The molecule has 2 saturated carbocycles. The topological polar surface area (TPSA) is 21.3 Å². The zero-order valence-electron chi connectivity index (χ0n) is 10.4. The predicted octanol–water partition coefficient (Wildman–Crippen LogP) is 2.97. The maximum Gasteiger partial charge on any atom is 0.0587 e. The van der Waals surface area contributed by atoms with Gasteiger partial charge in [-0.3, -0.25) is 0 Å². The van der Waals surface area contributed by atoms with Crippen LogP contribution in [-0.4, -0.2) is 26.3 Å². The molecule has 0 spiro atoms. The Kier molecular flexibility index (Phi) is 7.03. The van der Waals surface area contributed by atoms with Gasteiger partial charge in [0.25, 0.3) is 0 Å². The second-order valence-corrected chi connectivity index (χ2v) is 4.96. The van der Waals surface area contributed by atoms with Crippen LogP contribution in [0.5, 0.6) is 0 Å². The van der Waals surface area contributed by atoms with Crippen molar-refractivity contribution in [2.45, 2.75) is 57.9 Å². The van der Waals surface area contributed by atoms with Gasteiger partial charge in [0, 0.05) is 19.7 Å². The van der Waals surface area contributed by atoms with Crippen molar-refractivity contribution >= 4 is 0 Å². The van der Waals surface area contributed by atoms with E-state index in [0.717, 1.165) is 25.1 Å². The Balaban J connectivity index is 0.000000151. The minimum absolute atomic E-state index is 0.824. The van der Waals surface area contributed by atoms with Crippen molar-refractivity contribution in [3.8, 4) is 0 Å². The highest BCUT2D eigenvalue weighted by molar-refractivity contribution is 4.80. The molecular formula is C13H27NO. The molecule has 2 heteroatoms. The van der Waals surface area contributed by atoms with Gasteiger partial charge >= 0.3 is 0 Å². The highest BCUT2D eigenvalue weighted by Crippen LogP contribution is 2.22. The lowest BCUT2D eigenvalue weighted by molar-refractivity contribution is 0.199. The van der Waals surface area contributed by atoms with Crippen LogP contribution in [0.2, 0.25) is 0 Å². The Bertz CT molecular complexity index is 139. The fourth-order valence-electron chi connectivity index (χ4n) is 1.96. The number of nitrogens with one attached hydrogen (secondary N) is 1. The quantitative estimate of drug-likeness (QED) is 0.725. The third kappa shape index (κ3) is 7.80. The number of hydrogen-bond acceptors (Lipinski definition) is 2. The van der Waals surface area contributed by atoms with Gasteiger partial charge in [0.1, 0.15) is 0 Å². The fraction of sp³-hybridized carbons (Fsp3) is 1.00. The number of methoxy groups -OCH3 is 1. The van der Waals surface area contributed by atoms with Crippen molar-refractivity contribution in [3.05, 3.63) is 0 Å². The van der Waals surface area contributed by atoms with Crippen molar-refractivity contribution in [2.24, 2.45) is 5.92 Å². The van der Waals surface area contributed by atoms with E-state index in [9.17, 15) is 0 Å². The van der Waals surface area contributed by atoms with E-state index in [1.165, 1.54) is 44.9 Å². The van der Waals surface area contributed by atoms with Crippen molar-refractivity contribution in [1.29, 1.82) is 0 Å². The third-order valence-corrected chi connectivity index (χ3v) is 3.21. The molecule has 0 aromatic heterocycles. The van der Waals surface area contributed by atoms with Crippen molar-refractivity contribution in [3.63, 3.8) is 0 Å². The van der Waals surface area contributed by atoms with E-state index in [2.05, 4.69) is 12.2 Å². The summed E-state index contributed by atoms with van der Waals surface area (Å²) < 4.78 is 4.86. The molecule has 1 N–H and O–H groups in total. The zero-order chi connectivity index (χ0) is 10.9. The van der Waals surface area contributed by atoms with Gasteiger partial charge in [-0.2, -0.15) is 0 Å². The molecule has 0 heterocycles. The van der Waals surface area contributed by atoms with Crippen LogP contribution in [-0.2, 0) is 4.74 Å². The maximum atomic E-state index is 4.86. The molecule has 0 amide bonds. The van der Waals surface area contributed by atoms with Crippen molar-refractivity contribution in [1.82, 2.24) is 5.32 Å². The maximum absolute atomic E-state index is 4.86. The lowest BCUT2D eigenvalue weighted by atomic mass is 9.91. The minimum Gasteiger partial charge on any atom is -0.383 e. The van der Waals surface area contributed by atoms with Gasteiger partial charge in [0.2, 0.25) is 0 Å². The Labute approximate surface area is 94.8 Å². The fourth-order valence-corrected chi connectivity index (χ4v) is 1.96. The van der Waals surface area contributed by atoms with Crippen LogP contribution in [0.15, 0.2) is 0 Å². The van der Waals surface area contributed by atoms with Crippen LogP contribution < -0.4 is 5.32 Å². The van der Waals surface area contributed by atoms with E-state index in [-0.39, 0.29) is 0 Å². The number of ether oxygens (including phenoxy) is 1. The minimum atomic E-state index is 0.824. The molecule has 2 aliphatic carbocycles. The van der Waals surface area contributed by atoms with Crippen LogP contribution in [0.3, 0.4) is 0 Å². The third-order valence-electron chi connectivity index (χ3n) is 3.21. The summed E-state index contributed by atoms with van der Waals surface area (Å²) >= 11 is 0. The summed E-state index contributed by atoms with van der Waals surface area (Å²) in [5.41, 5.74) is 0. The molecule has 15 heavy (non-hydrogen) atoms. The van der Waals surface area contributed by atoms with E-state index in [4.69, 9.17) is 4.74 Å². The lowest BCUT2D eigenvalue weighted by Gasteiger charge is -2.15. The summed E-state index contributed by atoms with van der Waals surface area (Å²) in [5, 5.41) is 3.33. The van der Waals surface area contributed by atoms with Gasteiger partial charge in [-0.05, 0) is 18.8 Å². The van der Waals surface area contributed by atoms with E-state index in [1.54, 1.807) is 7.11 Å². The highest BCUT2D eigenvalue weighted by atomic mass is 16.5. The first-order valence-electron chi connectivity index (χ1n) is 6.55. The summed E-state index contributed by atoms with van der Waals surface area (Å²) in [4.78, 5) is 0. The second kappa shape index (κ2) is 8.12. The van der Waals surface area contributed by atoms with Crippen LogP contribution in [0.1, 0.15) is 51.9 Å². The monoisotopic (exact) mass is 213 g/mol. The van der Waals surface area contributed by atoms with Crippen molar-refractivity contribution in [2.75, 3.05) is 20.3 Å². The SMILES string of the molecule is CC1CCCCC1.COCCNC1CC1. The molecule has 2 nitrogen and oxygen atoms in total. The average Bonchev–Trinajstić information content (AvgIpc) is 3.04. The van der Waals surface area contributed by atoms with Gasteiger partial charge in [-0.1, -0.05) is 39.0 Å². The normalized spacial score (nSPS) is 22.0. The van der Waals surface area contributed by atoms with E-state index >= 15 is 0 Å². The molecule has 0 unspecified atom stereocenters. The van der Waals surface area contributed by atoms with Gasteiger partial charge in [-0.25, -0.2) is 0 Å². The smallest absolute Gasteiger partial charge is 0.0587 e. The molecule has 2 aliphatic rings. The summed E-state index contributed by atoms with van der Waals surface area (Å²) in [5.74, 6) is 1.04. The average molecular weight is 213 g/mol. The van der Waals surface area contributed by atoms with E-state index < -0.39 is 0 Å². The second-order valence-electron chi connectivity index (χ2n) is 4.96. The lowest BCUT2D eigenvalue weighted by Crippen LogP contribution is -2.20. The molecule has 0 atom stereocenters. The molecule has 0 aliphatic heterocycles. The molecule has 0 bridgehead atoms. The summed E-state index contributed by atoms with van der Waals surface area (Å²) in [6.45, 7) is 4.22. The number of hydrogen-bond donors (Lipinski definition) is 1. The molecule has 0 aromatic carbocycles. The van der Waals surface area contributed by atoms with Crippen LogP contribution in [0.4, 0.5) is 0 Å². The first-order valence-corrected chi connectivity index (χ1v) is 6.55. The zero-order valence-corrected chi connectivity index (χ0v) is 10.4. The number of rotatable bonds is 4. The first-order chi connectivity index (χ1) is 7.33. The molecule has 2 fully saturated rings. The highest BCUT2D eigenvalue weighted by Gasteiger charge is 2.19. The van der Waals surface area contributed by atoms with Gasteiger partial charge < -0.3 is 10.1 Å². The van der Waals surface area contributed by atoms with Crippen LogP contribution in [0, 0.1) is 5.92 Å².